The van der Waals surface area contributed by atoms with E-state index in [0.29, 0.717) is 16.8 Å². The molecule has 0 aliphatic rings. The molecule has 0 atom stereocenters. The third-order valence-electron chi connectivity index (χ3n) is 4.72. The summed E-state index contributed by atoms with van der Waals surface area (Å²) >= 11 is 0. The van der Waals surface area contributed by atoms with Crippen molar-refractivity contribution in [1.29, 1.82) is 0 Å². The predicted octanol–water partition coefficient (Wildman–Crippen LogP) is 3.03. The molecule has 0 spiro atoms. The Hall–Kier alpha value is -3.04. The van der Waals surface area contributed by atoms with Crippen LogP contribution in [0, 0.1) is 6.92 Å². The number of aromatic amines is 1. The van der Waals surface area contributed by atoms with Crippen molar-refractivity contribution in [2.75, 3.05) is 0 Å². The van der Waals surface area contributed by atoms with Crippen molar-refractivity contribution in [3.05, 3.63) is 48.3 Å². The van der Waals surface area contributed by atoms with Gasteiger partial charge in [-0.15, -0.1) is 10.2 Å². The zero-order valence-corrected chi connectivity index (χ0v) is 16.5. The largest absolute Gasteiger partial charge is 0.311 e. The molecule has 9 heteroatoms. The summed E-state index contributed by atoms with van der Waals surface area (Å²) in [6.07, 6.45) is 1.71. The molecule has 2 aromatic heterocycles. The summed E-state index contributed by atoms with van der Waals surface area (Å²) < 4.78 is 25.8. The first kappa shape index (κ1) is 18.3. The molecular formula is C19H20N6O2S. The molecule has 8 nitrogen and oxygen atoms in total. The summed E-state index contributed by atoms with van der Waals surface area (Å²) in [4.78, 5) is 0.0943. The minimum Gasteiger partial charge on any atom is -0.311 e. The molecular weight excluding hydrogens is 376 g/mol. The molecule has 0 fully saturated rings. The summed E-state index contributed by atoms with van der Waals surface area (Å²) in [5.41, 5.74) is 3.66. The fraction of sp³-hybridized carbons (Fsp3) is 0.211. The lowest BCUT2D eigenvalue weighted by atomic mass is 10.0. The number of aromatic nitrogens is 5. The summed E-state index contributed by atoms with van der Waals surface area (Å²) in [6.45, 7) is 5.84. The van der Waals surface area contributed by atoms with E-state index in [1.165, 1.54) is 0 Å². The van der Waals surface area contributed by atoms with Gasteiger partial charge in [-0.3, -0.25) is 5.10 Å². The average molecular weight is 396 g/mol. The molecule has 0 unspecified atom stereocenters. The van der Waals surface area contributed by atoms with Gasteiger partial charge in [-0.25, -0.2) is 13.6 Å². The molecule has 144 valence electrons. The van der Waals surface area contributed by atoms with Crippen LogP contribution < -0.4 is 5.14 Å². The van der Waals surface area contributed by atoms with E-state index in [1.54, 1.807) is 25.4 Å². The number of nitrogens with two attached hydrogens (primary N) is 1. The van der Waals surface area contributed by atoms with E-state index < -0.39 is 10.0 Å². The van der Waals surface area contributed by atoms with Gasteiger partial charge in [0.25, 0.3) is 0 Å². The first-order chi connectivity index (χ1) is 13.3. The van der Waals surface area contributed by atoms with Gasteiger partial charge in [0.15, 0.2) is 5.82 Å². The first-order valence-electron chi connectivity index (χ1n) is 8.77. The van der Waals surface area contributed by atoms with Crippen LogP contribution in [0.2, 0.25) is 0 Å². The van der Waals surface area contributed by atoms with Crippen LogP contribution in [-0.4, -0.2) is 33.4 Å². The zero-order chi connectivity index (χ0) is 20.1. The number of fused-ring (bicyclic) bond motifs is 1. The van der Waals surface area contributed by atoms with Gasteiger partial charge in [0.1, 0.15) is 6.33 Å². The van der Waals surface area contributed by atoms with Gasteiger partial charge in [-0.05, 0) is 50.6 Å². The van der Waals surface area contributed by atoms with Crippen molar-refractivity contribution in [3.8, 4) is 22.6 Å². The number of H-pyrrole nitrogens is 1. The van der Waals surface area contributed by atoms with Crippen molar-refractivity contribution in [3.63, 3.8) is 0 Å². The normalized spacial score (nSPS) is 12.2. The molecule has 2 heterocycles. The SMILES string of the molecule is Cc1ccc(-c2n[nH]c3ccc(-c4nncn4C(C)C)cc23)cc1S(N)(=O)=O. The van der Waals surface area contributed by atoms with Crippen LogP contribution in [0.1, 0.15) is 25.5 Å². The summed E-state index contributed by atoms with van der Waals surface area (Å²) in [7, 11) is -3.82. The number of hydrogen-bond donors (Lipinski definition) is 2. The monoisotopic (exact) mass is 396 g/mol. The summed E-state index contributed by atoms with van der Waals surface area (Å²) in [5.74, 6) is 0.762. The highest BCUT2D eigenvalue weighted by Gasteiger charge is 2.17. The average Bonchev–Trinajstić information content (AvgIpc) is 3.27. The fourth-order valence-electron chi connectivity index (χ4n) is 3.25. The van der Waals surface area contributed by atoms with Crippen molar-refractivity contribution in [2.24, 2.45) is 5.14 Å². The number of aryl methyl sites for hydroxylation is 1. The lowest BCUT2D eigenvalue weighted by molar-refractivity contribution is 0.597. The maximum atomic E-state index is 11.9. The molecule has 3 N–H and O–H groups in total. The van der Waals surface area contributed by atoms with Crippen molar-refractivity contribution < 1.29 is 8.42 Å². The molecule has 0 amide bonds. The molecule has 28 heavy (non-hydrogen) atoms. The van der Waals surface area contributed by atoms with Gasteiger partial charge >= 0.3 is 0 Å². The van der Waals surface area contributed by atoms with Gasteiger partial charge in [-0.2, -0.15) is 5.10 Å². The molecule has 4 rings (SSSR count). The molecule has 0 saturated carbocycles. The quantitative estimate of drug-likeness (QED) is 0.549. The standard InChI is InChI=1S/C19H20N6O2S/c1-11(2)25-10-21-24-19(25)14-6-7-16-15(8-14)18(23-22-16)13-5-4-12(3)17(9-13)28(20,26)27/h4-11H,1-3H3,(H,22,23)(H2,20,26,27). The second-order valence-corrected chi connectivity index (χ2v) is 8.54. The first-order valence-corrected chi connectivity index (χ1v) is 10.3. The maximum absolute atomic E-state index is 11.9. The maximum Gasteiger partial charge on any atom is 0.238 e. The van der Waals surface area contributed by atoms with E-state index in [4.69, 9.17) is 5.14 Å². The summed E-state index contributed by atoms with van der Waals surface area (Å²) in [6, 6.07) is 11.2. The van der Waals surface area contributed by atoms with Crippen LogP contribution in [0.5, 0.6) is 0 Å². The Morgan fingerprint density at radius 3 is 2.57 bits per heavy atom. The highest BCUT2D eigenvalue weighted by atomic mass is 32.2. The van der Waals surface area contributed by atoms with E-state index >= 15 is 0 Å². The minimum atomic E-state index is -3.82. The van der Waals surface area contributed by atoms with Gasteiger partial charge in [0, 0.05) is 22.6 Å². The minimum absolute atomic E-state index is 0.0943. The third kappa shape index (κ3) is 3.08. The Morgan fingerprint density at radius 1 is 1.11 bits per heavy atom. The number of primary sulfonamides is 1. The van der Waals surface area contributed by atoms with Gasteiger partial charge in [0.2, 0.25) is 10.0 Å². The van der Waals surface area contributed by atoms with E-state index in [9.17, 15) is 8.42 Å². The van der Waals surface area contributed by atoms with Crippen molar-refractivity contribution in [1.82, 2.24) is 25.0 Å². The van der Waals surface area contributed by atoms with E-state index in [2.05, 4.69) is 34.2 Å². The summed E-state index contributed by atoms with van der Waals surface area (Å²) in [5, 5.41) is 21.9. The number of benzene rings is 2. The van der Waals surface area contributed by atoms with E-state index in [0.717, 1.165) is 22.3 Å². The molecule has 0 radical (unpaired) electrons. The lowest BCUT2D eigenvalue weighted by Gasteiger charge is -2.10. The zero-order valence-electron chi connectivity index (χ0n) is 15.7. The van der Waals surface area contributed by atoms with Crippen LogP contribution in [0.3, 0.4) is 0 Å². The second kappa shape index (κ2) is 6.54. The topological polar surface area (TPSA) is 120 Å². The van der Waals surface area contributed by atoms with Crippen molar-refractivity contribution in [2.45, 2.75) is 31.7 Å². The van der Waals surface area contributed by atoms with Crippen LogP contribution >= 0.6 is 0 Å². The molecule has 4 aromatic rings. The fourth-order valence-corrected chi connectivity index (χ4v) is 4.06. The van der Waals surface area contributed by atoms with Gasteiger partial charge in [0.05, 0.1) is 16.1 Å². The predicted molar refractivity (Wildman–Crippen MR) is 107 cm³/mol. The highest BCUT2D eigenvalue weighted by molar-refractivity contribution is 7.89. The van der Waals surface area contributed by atoms with Gasteiger partial charge < -0.3 is 4.57 Å². The van der Waals surface area contributed by atoms with E-state index in [1.807, 2.05) is 28.8 Å². The van der Waals surface area contributed by atoms with Crippen LogP contribution in [0.25, 0.3) is 33.5 Å². The number of rotatable bonds is 4. The van der Waals surface area contributed by atoms with Gasteiger partial charge in [-0.1, -0.05) is 12.1 Å². The second-order valence-electron chi connectivity index (χ2n) is 7.01. The Bertz CT molecular complexity index is 1290. The van der Waals surface area contributed by atoms with Crippen LogP contribution in [-0.2, 0) is 10.0 Å². The Balaban J connectivity index is 1.89. The third-order valence-corrected chi connectivity index (χ3v) is 5.77. The Kier molecular flexibility index (Phi) is 4.28. The highest BCUT2D eigenvalue weighted by Crippen LogP contribution is 2.32. The number of sulfonamides is 1. The molecule has 2 aromatic carbocycles. The Labute approximate surface area is 162 Å². The molecule has 0 aliphatic carbocycles. The van der Waals surface area contributed by atoms with Crippen LogP contribution in [0.4, 0.5) is 0 Å². The number of hydrogen-bond acceptors (Lipinski definition) is 5. The Morgan fingerprint density at radius 2 is 1.86 bits per heavy atom. The smallest absolute Gasteiger partial charge is 0.238 e. The van der Waals surface area contributed by atoms with Crippen molar-refractivity contribution >= 4 is 20.9 Å². The van der Waals surface area contributed by atoms with Crippen LogP contribution in [0.15, 0.2) is 47.6 Å². The number of nitrogens with one attached hydrogen (secondary N) is 1. The number of nitrogens with zero attached hydrogens (tertiary/aromatic N) is 4. The molecule has 0 aliphatic heterocycles. The van der Waals surface area contributed by atoms with E-state index in [-0.39, 0.29) is 10.9 Å². The lowest BCUT2D eigenvalue weighted by Crippen LogP contribution is -2.13. The molecule has 0 saturated heterocycles. The molecule has 0 bridgehead atoms.